The average Bonchev–Trinajstić information content (AvgIpc) is 2.86. The van der Waals surface area contributed by atoms with Crippen LogP contribution in [0.1, 0.15) is 58.3 Å². The molecule has 0 aromatic rings. The Morgan fingerprint density at radius 2 is 1.95 bits per heavy atom. The van der Waals surface area contributed by atoms with Gasteiger partial charge >= 0.3 is 0 Å². The lowest BCUT2D eigenvalue weighted by Crippen LogP contribution is -2.45. The second kappa shape index (κ2) is 7.49. The Labute approximate surface area is 123 Å². The molecule has 0 aliphatic heterocycles. The fraction of sp³-hybridized carbons (Fsp3) is 0.933. The summed E-state index contributed by atoms with van der Waals surface area (Å²) in [6.07, 6.45) is 9.51. The molecule has 3 nitrogen and oxygen atoms in total. The summed E-state index contributed by atoms with van der Waals surface area (Å²) in [6.45, 7) is 3.71. The van der Waals surface area contributed by atoms with Crippen LogP contribution in [0.4, 0.5) is 0 Å². The molecule has 2 aliphatic carbocycles. The van der Waals surface area contributed by atoms with Gasteiger partial charge in [-0.1, -0.05) is 32.6 Å². The van der Waals surface area contributed by atoms with Gasteiger partial charge in [-0.15, -0.1) is 12.4 Å². The lowest BCUT2D eigenvalue weighted by molar-refractivity contribution is -0.130. The third kappa shape index (κ3) is 4.09. The molecule has 2 unspecified atom stereocenters. The van der Waals surface area contributed by atoms with Gasteiger partial charge in [-0.05, 0) is 37.5 Å². The Bertz CT molecular complexity index is 290. The van der Waals surface area contributed by atoms with E-state index in [0.717, 1.165) is 38.1 Å². The number of halogens is 1. The summed E-state index contributed by atoms with van der Waals surface area (Å²) in [5, 5.41) is 3.19. The highest BCUT2D eigenvalue weighted by Gasteiger charge is 2.39. The summed E-state index contributed by atoms with van der Waals surface area (Å²) in [5.74, 6) is 1.74. The summed E-state index contributed by atoms with van der Waals surface area (Å²) in [7, 11) is 0. The molecule has 0 radical (unpaired) electrons. The molecule has 0 bridgehead atoms. The van der Waals surface area contributed by atoms with E-state index in [2.05, 4.69) is 12.2 Å². The summed E-state index contributed by atoms with van der Waals surface area (Å²) in [4.78, 5) is 12.3. The van der Waals surface area contributed by atoms with E-state index in [1.165, 1.54) is 25.7 Å². The number of amides is 1. The predicted molar refractivity (Wildman–Crippen MR) is 81.3 cm³/mol. The Hall–Kier alpha value is -0.280. The van der Waals surface area contributed by atoms with Crippen LogP contribution in [0, 0.1) is 17.3 Å². The standard InChI is InChI=1S/C15H28N2O.ClH/c1-12-5-4-6-13(9-12)10-17-14(18)15(11-16)7-2-3-8-15;/h12-13H,2-11,16H2,1H3,(H,17,18);1H. The van der Waals surface area contributed by atoms with Crippen LogP contribution in [-0.4, -0.2) is 19.0 Å². The molecule has 2 atom stereocenters. The summed E-state index contributed by atoms with van der Waals surface area (Å²) in [6, 6.07) is 0. The lowest BCUT2D eigenvalue weighted by atomic mass is 9.81. The van der Waals surface area contributed by atoms with Crippen LogP contribution in [0.5, 0.6) is 0 Å². The SMILES string of the molecule is CC1CCCC(CNC(=O)C2(CN)CCCC2)C1.Cl. The zero-order valence-corrected chi connectivity index (χ0v) is 12.9. The van der Waals surface area contributed by atoms with Crippen LogP contribution >= 0.6 is 12.4 Å². The number of hydrogen-bond donors (Lipinski definition) is 2. The van der Waals surface area contributed by atoms with Crippen molar-refractivity contribution in [2.75, 3.05) is 13.1 Å². The topological polar surface area (TPSA) is 55.1 Å². The first-order valence-corrected chi connectivity index (χ1v) is 7.65. The molecule has 19 heavy (non-hydrogen) atoms. The largest absolute Gasteiger partial charge is 0.355 e. The summed E-state index contributed by atoms with van der Waals surface area (Å²) < 4.78 is 0. The van der Waals surface area contributed by atoms with Gasteiger partial charge in [-0.25, -0.2) is 0 Å². The fourth-order valence-corrected chi connectivity index (χ4v) is 3.75. The van der Waals surface area contributed by atoms with Crippen molar-refractivity contribution in [1.82, 2.24) is 5.32 Å². The molecule has 0 aromatic carbocycles. The zero-order chi connectivity index (χ0) is 13.0. The Morgan fingerprint density at radius 3 is 2.53 bits per heavy atom. The minimum absolute atomic E-state index is 0. The first-order valence-electron chi connectivity index (χ1n) is 7.65. The molecule has 0 spiro atoms. The van der Waals surface area contributed by atoms with Gasteiger partial charge in [0.05, 0.1) is 5.41 Å². The van der Waals surface area contributed by atoms with Gasteiger partial charge in [0.25, 0.3) is 0 Å². The first-order chi connectivity index (χ1) is 8.66. The second-order valence-corrected chi connectivity index (χ2v) is 6.54. The van der Waals surface area contributed by atoms with Crippen molar-refractivity contribution in [3.63, 3.8) is 0 Å². The molecule has 0 aromatic heterocycles. The van der Waals surface area contributed by atoms with E-state index in [-0.39, 0.29) is 23.7 Å². The number of carbonyl (C=O) groups excluding carboxylic acids is 1. The molecule has 3 N–H and O–H groups in total. The number of nitrogens with one attached hydrogen (secondary N) is 1. The van der Waals surface area contributed by atoms with Crippen LogP contribution in [0.25, 0.3) is 0 Å². The molecular formula is C15H29ClN2O. The molecule has 2 aliphatic rings. The van der Waals surface area contributed by atoms with Crippen LogP contribution < -0.4 is 11.1 Å². The van der Waals surface area contributed by atoms with Gasteiger partial charge in [0, 0.05) is 13.1 Å². The van der Waals surface area contributed by atoms with Crippen molar-refractivity contribution in [2.24, 2.45) is 23.0 Å². The predicted octanol–water partition coefficient (Wildman–Crippen LogP) is 2.87. The van der Waals surface area contributed by atoms with E-state index >= 15 is 0 Å². The van der Waals surface area contributed by atoms with Crippen LogP contribution in [0.2, 0.25) is 0 Å². The highest BCUT2D eigenvalue weighted by Crippen LogP contribution is 2.37. The number of carbonyl (C=O) groups is 1. The molecule has 2 fully saturated rings. The van der Waals surface area contributed by atoms with E-state index < -0.39 is 0 Å². The number of nitrogens with two attached hydrogens (primary N) is 1. The maximum Gasteiger partial charge on any atom is 0.227 e. The van der Waals surface area contributed by atoms with Crippen molar-refractivity contribution in [3.8, 4) is 0 Å². The van der Waals surface area contributed by atoms with Gasteiger partial charge in [0.1, 0.15) is 0 Å². The number of rotatable bonds is 4. The third-order valence-electron chi connectivity index (χ3n) is 5.03. The molecule has 0 heterocycles. The smallest absolute Gasteiger partial charge is 0.227 e. The van der Waals surface area contributed by atoms with Crippen LogP contribution in [-0.2, 0) is 4.79 Å². The van der Waals surface area contributed by atoms with Gasteiger partial charge in [0.2, 0.25) is 5.91 Å². The highest BCUT2D eigenvalue weighted by atomic mass is 35.5. The monoisotopic (exact) mass is 288 g/mol. The van der Waals surface area contributed by atoms with Gasteiger partial charge in [-0.3, -0.25) is 4.79 Å². The first kappa shape index (κ1) is 16.8. The van der Waals surface area contributed by atoms with Crippen molar-refractivity contribution in [3.05, 3.63) is 0 Å². The molecule has 0 saturated heterocycles. The Morgan fingerprint density at radius 1 is 1.26 bits per heavy atom. The molecule has 112 valence electrons. The normalized spacial score (nSPS) is 29.6. The van der Waals surface area contributed by atoms with Gasteiger partial charge in [-0.2, -0.15) is 0 Å². The molecule has 1 amide bonds. The van der Waals surface area contributed by atoms with Crippen molar-refractivity contribution in [2.45, 2.75) is 58.3 Å². The van der Waals surface area contributed by atoms with Crippen LogP contribution in [0.3, 0.4) is 0 Å². The van der Waals surface area contributed by atoms with Crippen molar-refractivity contribution >= 4 is 18.3 Å². The van der Waals surface area contributed by atoms with Crippen molar-refractivity contribution < 1.29 is 4.79 Å². The van der Waals surface area contributed by atoms with E-state index in [1.54, 1.807) is 0 Å². The minimum Gasteiger partial charge on any atom is -0.355 e. The maximum atomic E-state index is 12.3. The maximum absolute atomic E-state index is 12.3. The van der Waals surface area contributed by atoms with Gasteiger partial charge in [0.15, 0.2) is 0 Å². The fourth-order valence-electron chi connectivity index (χ4n) is 3.75. The van der Waals surface area contributed by atoms with E-state index in [4.69, 9.17) is 5.73 Å². The molecule has 2 rings (SSSR count). The average molecular weight is 289 g/mol. The zero-order valence-electron chi connectivity index (χ0n) is 12.1. The van der Waals surface area contributed by atoms with E-state index in [1.807, 2.05) is 0 Å². The summed E-state index contributed by atoms with van der Waals surface area (Å²) >= 11 is 0. The van der Waals surface area contributed by atoms with Crippen molar-refractivity contribution in [1.29, 1.82) is 0 Å². The number of hydrogen-bond acceptors (Lipinski definition) is 2. The molecular weight excluding hydrogens is 260 g/mol. The van der Waals surface area contributed by atoms with Gasteiger partial charge < -0.3 is 11.1 Å². The third-order valence-corrected chi connectivity index (χ3v) is 5.03. The van der Waals surface area contributed by atoms with E-state index in [0.29, 0.717) is 12.5 Å². The molecule has 2 saturated carbocycles. The molecule has 4 heteroatoms. The lowest BCUT2D eigenvalue weighted by Gasteiger charge is -2.30. The Balaban J connectivity index is 0.00000180. The Kier molecular flexibility index (Phi) is 6.61. The van der Waals surface area contributed by atoms with Crippen LogP contribution in [0.15, 0.2) is 0 Å². The highest BCUT2D eigenvalue weighted by molar-refractivity contribution is 5.85. The second-order valence-electron chi connectivity index (χ2n) is 6.54. The summed E-state index contributed by atoms with van der Waals surface area (Å²) in [5.41, 5.74) is 5.60. The minimum atomic E-state index is -0.236. The van der Waals surface area contributed by atoms with E-state index in [9.17, 15) is 4.79 Å². The quantitative estimate of drug-likeness (QED) is 0.836.